The quantitative estimate of drug-likeness (QED) is 0.791. The summed E-state index contributed by atoms with van der Waals surface area (Å²) < 4.78 is 44.2. The average molecular weight is 348 g/mol. The standard InChI is InChI=1S/C15H19F3N2O4/c1-4-20(7-13(17)18)15(23)19-11-6-12(24-8(2)3)9(14(21)22)5-10(11)16/h5-6,8,13H,4,7H2,1-3H3,(H,19,23)(H,21,22). The minimum absolute atomic E-state index is 0.000350. The molecule has 134 valence electrons. The number of benzene rings is 1. The number of amides is 2. The molecule has 1 aromatic carbocycles. The third kappa shape index (κ3) is 5.32. The third-order valence-corrected chi connectivity index (χ3v) is 2.93. The van der Waals surface area contributed by atoms with Crippen molar-refractivity contribution < 1.29 is 32.6 Å². The number of hydrogen-bond acceptors (Lipinski definition) is 3. The van der Waals surface area contributed by atoms with Crippen LogP contribution < -0.4 is 10.1 Å². The van der Waals surface area contributed by atoms with Crippen LogP contribution in [0.1, 0.15) is 31.1 Å². The summed E-state index contributed by atoms with van der Waals surface area (Å²) in [5, 5.41) is 11.2. The predicted molar refractivity (Wildman–Crippen MR) is 81.4 cm³/mol. The summed E-state index contributed by atoms with van der Waals surface area (Å²) in [6.45, 7) is 4.00. The smallest absolute Gasteiger partial charge is 0.339 e. The van der Waals surface area contributed by atoms with Crippen LogP contribution in [0.2, 0.25) is 0 Å². The molecule has 1 rings (SSSR count). The maximum atomic E-state index is 14.0. The van der Waals surface area contributed by atoms with E-state index in [4.69, 9.17) is 9.84 Å². The van der Waals surface area contributed by atoms with Crippen LogP contribution in [0, 0.1) is 5.82 Å². The number of alkyl halides is 2. The summed E-state index contributed by atoms with van der Waals surface area (Å²) in [6.07, 6.45) is -3.11. The summed E-state index contributed by atoms with van der Waals surface area (Å²) in [4.78, 5) is 23.9. The summed E-state index contributed by atoms with van der Waals surface area (Å²) in [6, 6.07) is 0.807. The molecule has 0 saturated carbocycles. The Morgan fingerprint density at radius 1 is 1.33 bits per heavy atom. The molecule has 2 N–H and O–H groups in total. The number of nitrogens with zero attached hydrogens (tertiary/aromatic N) is 1. The molecular formula is C15H19F3N2O4. The van der Waals surface area contributed by atoms with Crippen molar-refractivity contribution in [3.05, 3.63) is 23.5 Å². The van der Waals surface area contributed by atoms with Crippen LogP contribution in [-0.2, 0) is 0 Å². The highest BCUT2D eigenvalue weighted by atomic mass is 19.3. The largest absolute Gasteiger partial charge is 0.490 e. The van der Waals surface area contributed by atoms with Crippen molar-refractivity contribution in [2.24, 2.45) is 0 Å². The fraction of sp³-hybridized carbons (Fsp3) is 0.467. The van der Waals surface area contributed by atoms with Crippen LogP contribution in [0.3, 0.4) is 0 Å². The van der Waals surface area contributed by atoms with Gasteiger partial charge in [-0.15, -0.1) is 0 Å². The van der Waals surface area contributed by atoms with E-state index in [0.29, 0.717) is 6.07 Å². The number of urea groups is 1. The zero-order valence-corrected chi connectivity index (χ0v) is 13.5. The lowest BCUT2D eigenvalue weighted by Crippen LogP contribution is -2.38. The van der Waals surface area contributed by atoms with Crippen molar-refractivity contribution in [2.75, 3.05) is 18.4 Å². The van der Waals surface area contributed by atoms with Gasteiger partial charge in [0.05, 0.1) is 18.3 Å². The molecule has 24 heavy (non-hydrogen) atoms. The second-order valence-corrected chi connectivity index (χ2v) is 5.16. The average Bonchev–Trinajstić information content (AvgIpc) is 2.46. The van der Waals surface area contributed by atoms with Crippen molar-refractivity contribution >= 4 is 17.7 Å². The SMILES string of the molecule is CCN(CC(F)F)C(=O)Nc1cc(OC(C)C)c(C(=O)O)cc1F. The van der Waals surface area contributed by atoms with E-state index >= 15 is 0 Å². The van der Waals surface area contributed by atoms with Gasteiger partial charge < -0.3 is 20.1 Å². The molecule has 0 saturated heterocycles. The van der Waals surface area contributed by atoms with Crippen LogP contribution >= 0.6 is 0 Å². The lowest BCUT2D eigenvalue weighted by molar-refractivity contribution is 0.0690. The van der Waals surface area contributed by atoms with Gasteiger partial charge in [-0.05, 0) is 26.8 Å². The van der Waals surface area contributed by atoms with Crippen LogP contribution in [0.4, 0.5) is 23.7 Å². The van der Waals surface area contributed by atoms with Gasteiger partial charge >= 0.3 is 12.0 Å². The molecule has 1 aromatic rings. The third-order valence-electron chi connectivity index (χ3n) is 2.93. The molecule has 0 bridgehead atoms. The van der Waals surface area contributed by atoms with Crippen LogP contribution in [-0.4, -0.2) is 47.6 Å². The van der Waals surface area contributed by atoms with E-state index < -0.39 is 36.4 Å². The van der Waals surface area contributed by atoms with E-state index in [1.165, 1.54) is 6.92 Å². The predicted octanol–water partition coefficient (Wildman–Crippen LogP) is 3.43. The van der Waals surface area contributed by atoms with E-state index in [-0.39, 0.29) is 24.1 Å². The maximum Gasteiger partial charge on any atom is 0.339 e. The van der Waals surface area contributed by atoms with Crippen molar-refractivity contribution in [1.82, 2.24) is 4.90 Å². The van der Waals surface area contributed by atoms with Crippen molar-refractivity contribution in [1.29, 1.82) is 0 Å². The Kier molecular flexibility index (Phi) is 6.87. The Morgan fingerprint density at radius 3 is 2.42 bits per heavy atom. The number of ether oxygens (including phenoxy) is 1. The normalized spacial score (nSPS) is 10.8. The maximum absolute atomic E-state index is 14.0. The molecule has 0 fully saturated rings. The molecule has 0 atom stereocenters. The molecule has 0 spiro atoms. The fourth-order valence-corrected chi connectivity index (χ4v) is 1.88. The number of hydrogen-bond donors (Lipinski definition) is 2. The molecule has 0 unspecified atom stereocenters. The van der Waals surface area contributed by atoms with Crippen molar-refractivity contribution in [2.45, 2.75) is 33.3 Å². The van der Waals surface area contributed by atoms with Crippen LogP contribution in [0.25, 0.3) is 0 Å². The molecule has 0 radical (unpaired) electrons. The van der Waals surface area contributed by atoms with Gasteiger partial charge in [-0.3, -0.25) is 0 Å². The van der Waals surface area contributed by atoms with Crippen LogP contribution in [0.5, 0.6) is 5.75 Å². The second kappa shape index (κ2) is 8.42. The second-order valence-electron chi connectivity index (χ2n) is 5.16. The first-order valence-electron chi connectivity index (χ1n) is 7.23. The summed E-state index contributed by atoms with van der Waals surface area (Å²) in [7, 11) is 0. The highest BCUT2D eigenvalue weighted by molar-refractivity contribution is 5.94. The van der Waals surface area contributed by atoms with Crippen LogP contribution in [0.15, 0.2) is 12.1 Å². The van der Waals surface area contributed by atoms with Gasteiger partial charge in [0.15, 0.2) is 0 Å². The molecule has 0 aliphatic carbocycles. The highest BCUT2D eigenvalue weighted by Gasteiger charge is 2.21. The number of halogens is 3. The molecule has 0 aromatic heterocycles. The summed E-state index contributed by atoms with van der Waals surface area (Å²) in [5.74, 6) is -2.54. The molecular weight excluding hydrogens is 329 g/mol. The number of anilines is 1. The van der Waals surface area contributed by atoms with Gasteiger partial charge in [-0.25, -0.2) is 22.8 Å². The van der Waals surface area contributed by atoms with Gasteiger partial charge in [0.1, 0.15) is 17.1 Å². The van der Waals surface area contributed by atoms with E-state index in [1.54, 1.807) is 13.8 Å². The van der Waals surface area contributed by atoms with Crippen molar-refractivity contribution in [3.8, 4) is 5.75 Å². The molecule has 9 heteroatoms. The zero-order chi connectivity index (χ0) is 18.4. The van der Waals surface area contributed by atoms with Gasteiger partial charge in [-0.2, -0.15) is 0 Å². The number of nitrogens with one attached hydrogen (secondary N) is 1. The van der Waals surface area contributed by atoms with E-state index in [1.807, 2.05) is 0 Å². The number of aromatic carboxylic acids is 1. The molecule has 6 nitrogen and oxygen atoms in total. The van der Waals surface area contributed by atoms with Gasteiger partial charge in [0, 0.05) is 12.6 Å². The molecule has 2 amide bonds. The van der Waals surface area contributed by atoms with E-state index in [0.717, 1.165) is 11.0 Å². The minimum Gasteiger partial charge on any atom is -0.490 e. The minimum atomic E-state index is -2.73. The Bertz CT molecular complexity index is 609. The lowest BCUT2D eigenvalue weighted by atomic mass is 10.1. The number of carbonyl (C=O) groups is 2. The lowest BCUT2D eigenvalue weighted by Gasteiger charge is -2.21. The van der Waals surface area contributed by atoms with E-state index in [2.05, 4.69) is 5.32 Å². The first-order valence-corrected chi connectivity index (χ1v) is 7.23. The molecule has 0 heterocycles. The van der Waals surface area contributed by atoms with Crippen molar-refractivity contribution in [3.63, 3.8) is 0 Å². The topological polar surface area (TPSA) is 78.9 Å². The Morgan fingerprint density at radius 2 is 1.96 bits per heavy atom. The summed E-state index contributed by atoms with van der Waals surface area (Å²) in [5.41, 5.74) is -0.757. The molecule has 0 aliphatic heterocycles. The van der Waals surface area contributed by atoms with Gasteiger partial charge in [0.2, 0.25) is 0 Å². The summed E-state index contributed by atoms with van der Waals surface area (Å²) >= 11 is 0. The zero-order valence-electron chi connectivity index (χ0n) is 13.5. The Hall–Kier alpha value is -2.45. The highest BCUT2D eigenvalue weighted by Crippen LogP contribution is 2.28. The first-order chi connectivity index (χ1) is 11.1. The molecule has 0 aliphatic rings. The number of rotatable bonds is 7. The monoisotopic (exact) mass is 348 g/mol. The first kappa shape index (κ1) is 19.6. The number of carboxylic acid groups (broad SMARTS) is 1. The Balaban J connectivity index is 3.10. The van der Waals surface area contributed by atoms with Gasteiger partial charge in [-0.1, -0.05) is 0 Å². The Labute approximate surface area is 137 Å². The fourth-order valence-electron chi connectivity index (χ4n) is 1.88. The van der Waals surface area contributed by atoms with E-state index in [9.17, 15) is 22.8 Å². The number of carbonyl (C=O) groups excluding carboxylic acids is 1. The number of carboxylic acids is 1. The van der Waals surface area contributed by atoms with Gasteiger partial charge in [0.25, 0.3) is 6.43 Å².